The van der Waals surface area contributed by atoms with Crippen LogP contribution in [0.5, 0.6) is 0 Å². The molecule has 3 heterocycles. The van der Waals surface area contributed by atoms with Crippen LogP contribution in [0.1, 0.15) is 0 Å². The van der Waals surface area contributed by atoms with E-state index in [1.807, 2.05) is 66.7 Å². The van der Waals surface area contributed by atoms with Crippen LogP contribution in [0, 0.1) is 0 Å². The lowest BCUT2D eigenvalue weighted by Crippen LogP contribution is -2.00. The van der Waals surface area contributed by atoms with Crippen molar-refractivity contribution in [3.05, 3.63) is 194 Å². The maximum Gasteiger partial charge on any atom is 0.164 e. The highest BCUT2D eigenvalue weighted by molar-refractivity contribution is 6.15. The molecule has 0 saturated heterocycles. The van der Waals surface area contributed by atoms with Crippen molar-refractivity contribution in [3.8, 4) is 62.1 Å². The van der Waals surface area contributed by atoms with E-state index in [1.54, 1.807) is 0 Å². The van der Waals surface area contributed by atoms with E-state index < -0.39 is 0 Å². The zero-order valence-corrected chi connectivity index (χ0v) is 30.2. The van der Waals surface area contributed by atoms with Gasteiger partial charge in [0.15, 0.2) is 17.5 Å². The second-order valence-corrected chi connectivity index (χ2v) is 14.0. The van der Waals surface area contributed by atoms with Crippen LogP contribution < -0.4 is 0 Å². The molecule has 0 N–H and O–H groups in total. The predicted octanol–water partition coefficient (Wildman–Crippen LogP) is 13.2. The molecule has 0 fully saturated rings. The van der Waals surface area contributed by atoms with Crippen molar-refractivity contribution in [1.29, 1.82) is 0 Å². The number of fused-ring (bicyclic) bond motifs is 6. The Balaban J connectivity index is 1.13. The number of furan rings is 1. The number of benzene rings is 8. The molecule has 0 saturated carbocycles. The van der Waals surface area contributed by atoms with E-state index in [-0.39, 0.29) is 0 Å². The van der Waals surface area contributed by atoms with Crippen LogP contribution in [0.25, 0.3) is 106 Å². The average Bonchev–Trinajstić information content (AvgIpc) is 3.82. The van der Waals surface area contributed by atoms with Crippen molar-refractivity contribution < 1.29 is 4.42 Å². The van der Waals surface area contributed by atoms with Gasteiger partial charge < -0.3 is 8.98 Å². The molecule has 0 bridgehead atoms. The van der Waals surface area contributed by atoms with Crippen LogP contribution in [-0.4, -0.2) is 19.5 Å². The molecule has 5 nitrogen and oxygen atoms in total. The van der Waals surface area contributed by atoms with Crippen molar-refractivity contribution in [2.24, 2.45) is 0 Å². The standard InChI is InChI=1S/C51H32N4O/c1-4-14-33(15-5-1)34-24-26-35(27-25-34)39-30-45(55-43-22-12-10-20-40(43)41-21-11-13-23-44(41)55)48-42-29-28-38(31-46(42)56-47(48)32-39)51-53-49(36-16-6-2-7-17-36)52-50(54-51)37-18-8-3-9-19-37/h1-32H. The first kappa shape index (κ1) is 31.9. The van der Waals surface area contributed by atoms with E-state index in [1.165, 1.54) is 21.9 Å². The summed E-state index contributed by atoms with van der Waals surface area (Å²) in [6, 6.07) is 67.5. The first-order valence-electron chi connectivity index (χ1n) is 18.8. The third-order valence-electron chi connectivity index (χ3n) is 10.7. The molecule has 56 heavy (non-hydrogen) atoms. The van der Waals surface area contributed by atoms with Gasteiger partial charge in [-0.2, -0.15) is 0 Å². The van der Waals surface area contributed by atoms with Crippen LogP contribution in [0.3, 0.4) is 0 Å². The van der Waals surface area contributed by atoms with Gasteiger partial charge in [-0.25, -0.2) is 15.0 Å². The van der Waals surface area contributed by atoms with Crippen LogP contribution in [0.4, 0.5) is 0 Å². The van der Waals surface area contributed by atoms with Crippen molar-refractivity contribution in [1.82, 2.24) is 19.5 Å². The van der Waals surface area contributed by atoms with Gasteiger partial charge in [-0.05, 0) is 58.7 Å². The number of aromatic nitrogens is 4. The van der Waals surface area contributed by atoms with E-state index in [0.29, 0.717) is 17.5 Å². The molecular formula is C51H32N4O. The van der Waals surface area contributed by atoms with E-state index in [2.05, 4.69) is 132 Å². The van der Waals surface area contributed by atoms with Gasteiger partial charge in [-0.3, -0.25) is 0 Å². The van der Waals surface area contributed by atoms with E-state index >= 15 is 0 Å². The fraction of sp³-hybridized carbons (Fsp3) is 0. The minimum absolute atomic E-state index is 0.585. The maximum absolute atomic E-state index is 6.88. The molecule has 11 rings (SSSR count). The van der Waals surface area contributed by atoms with Crippen molar-refractivity contribution in [2.75, 3.05) is 0 Å². The van der Waals surface area contributed by atoms with Crippen LogP contribution in [-0.2, 0) is 0 Å². The SMILES string of the molecule is c1ccc(-c2ccc(-c3cc(-n4c5ccccc5c5ccccc54)c4c(c3)oc3cc(-c5nc(-c6ccccc6)nc(-c6ccccc6)n5)ccc34)cc2)cc1. The summed E-state index contributed by atoms with van der Waals surface area (Å²) in [4.78, 5) is 14.9. The highest BCUT2D eigenvalue weighted by Gasteiger charge is 2.21. The van der Waals surface area contributed by atoms with E-state index in [9.17, 15) is 0 Å². The molecule has 262 valence electrons. The predicted molar refractivity (Wildman–Crippen MR) is 229 cm³/mol. The minimum atomic E-state index is 0.585. The van der Waals surface area contributed by atoms with Gasteiger partial charge in [0, 0.05) is 32.8 Å². The second kappa shape index (κ2) is 13.0. The normalized spacial score (nSPS) is 11.6. The summed E-state index contributed by atoms with van der Waals surface area (Å²) in [5, 5.41) is 4.49. The van der Waals surface area contributed by atoms with Crippen molar-refractivity contribution >= 4 is 43.7 Å². The summed E-state index contributed by atoms with van der Waals surface area (Å²) in [5.74, 6) is 1.83. The molecule has 0 unspecified atom stereocenters. The van der Waals surface area contributed by atoms with E-state index in [4.69, 9.17) is 19.4 Å². The first-order valence-corrected chi connectivity index (χ1v) is 18.8. The number of hydrogen-bond donors (Lipinski definition) is 0. The Morgan fingerprint density at radius 1 is 0.321 bits per heavy atom. The molecule has 11 aromatic rings. The Morgan fingerprint density at radius 2 is 0.750 bits per heavy atom. The molecule has 5 heteroatoms. The lowest BCUT2D eigenvalue weighted by molar-refractivity contribution is 0.669. The summed E-state index contributed by atoms with van der Waals surface area (Å²) >= 11 is 0. The summed E-state index contributed by atoms with van der Waals surface area (Å²) in [6.07, 6.45) is 0. The summed E-state index contributed by atoms with van der Waals surface area (Å²) in [6.45, 7) is 0. The Labute approximate surface area is 322 Å². The number of rotatable bonds is 6. The Kier molecular flexibility index (Phi) is 7.42. The number of para-hydroxylation sites is 2. The highest BCUT2D eigenvalue weighted by Crippen LogP contribution is 2.42. The van der Waals surface area contributed by atoms with Gasteiger partial charge in [-0.15, -0.1) is 0 Å². The summed E-state index contributed by atoms with van der Waals surface area (Å²) < 4.78 is 9.27. The molecule has 0 radical (unpaired) electrons. The summed E-state index contributed by atoms with van der Waals surface area (Å²) in [7, 11) is 0. The van der Waals surface area contributed by atoms with Gasteiger partial charge in [-0.1, -0.05) is 158 Å². The molecule has 3 aromatic heterocycles. The van der Waals surface area contributed by atoms with Gasteiger partial charge in [0.2, 0.25) is 0 Å². The van der Waals surface area contributed by atoms with Crippen molar-refractivity contribution in [2.45, 2.75) is 0 Å². The van der Waals surface area contributed by atoms with Crippen LogP contribution in [0.2, 0.25) is 0 Å². The summed E-state index contributed by atoms with van der Waals surface area (Å²) in [5.41, 5.74) is 12.2. The lowest BCUT2D eigenvalue weighted by Gasteiger charge is -2.13. The first-order chi connectivity index (χ1) is 27.7. The minimum Gasteiger partial charge on any atom is -0.456 e. The smallest absolute Gasteiger partial charge is 0.164 e. The Bertz CT molecular complexity index is 3110. The average molecular weight is 717 g/mol. The van der Waals surface area contributed by atoms with Crippen LogP contribution >= 0.6 is 0 Å². The Hall–Kier alpha value is -7.63. The topological polar surface area (TPSA) is 56.7 Å². The zero-order chi connectivity index (χ0) is 37.0. The van der Waals surface area contributed by atoms with Gasteiger partial charge >= 0.3 is 0 Å². The Morgan fingerprint density at radius 3 is 1.32 bits per heavy atom. The van der Waals surface area contributed by atoms with Gasteiger partial charge in [0.1, 0.15) is 11.2 Å². The third kappa shape index (κ3) is 5.37. The fourth-order valence-electron chi connectivity index (χ4n) is 7.97. The molecule has 0 spiro atoms. The molecule has 0 aliphatic heterocycles. The molecule has 0 aliphatic rings. The zero-order valence-electron chi connectivity index (χ0n) is 30.2. The quantitative estimate of drug-likeness (QED) is 0.172. The highest BCUT2D eigenvalue weighted by atomic mass is 16.3. The third-order valence-corrected chi connectivity index (χ3v) is 10.7. The van der Waals surface area contributed by atoms with Crippen LogP contribution in [0.15, 0.2) is 199 Å². The number of nitrogens with zero attached hydrogens (tertiary/aromatic N) is 4. The molecule has 8 aromatic carbocycles. The van der Waals surface area contributed by atoms with Gasteiger partial charge in [0.05, 0.1) is 22.1 Å². The molecule has 0 amide bonds. The van der Waals surface area contributed by atoms with Gasteiger partial charge in [0.25, 0.3) is 0 Å². The van der Waals surface area contributed by atoms with Crippen molar-refractivity contribution in [3.63, 3.8) is 0 Å². The van der Waals surface area contributed by atoms with E-state index in [0.717, 1.165) is 66.5 Å². The molecule has 0 atom stereocenters. The lowest BCUT2D eigenvalue weighted by atomic mass is 9.98. The molecule has 0 aliphatic carbocycles. The number of hydrogen-bond acceptors (Lipinski definition) is 4. The second-order valence-electron chi connectivity index (χ2n) is 14.0. The largest absolute Gasteiger partial charge is 0.456 e. The molecular weight excluding hydrogens is 685 g/mol. The monoisotopic (exact) mass is 716 g/mol. The fourth-order valence-corrected chi connectivity index (χ4v) is 7.97. The maximum atomic E-state index is 6.88.